The fourth-order valence-corrected chi connectivity index (χ4v) is 4.04. The minimum absolute atomic E-state index is 0.0879. The summed E-state index contributed by atoms with van der Waals surface area (Å²) in [6.45, 7) is 2.85. The number of nitrogens with two attached hydrogens (primary N) is 1. The predicted octanol–water partition coefficient (Wildman–Crippen LogP) is -1.30. The molecule has 1 aromatic rings. The van der Waals surface area contributed by atoms with Crippen molar-refractivity contribution >= 4 is 35.2 Å². The molecule has 29 heavy (non-hydrogen) atoms. The largest absolute Gasteiger partial charge is 0.369 e. The molecular formula is C19H21N5O5. The topological polar surface area (TPSA) is 133 Å². The third-order valence-electron chi connectivity index (χ3n) is 5.54. The molecule has 10 nitrogen and oxygen atoms in total. The van der Waals surface area contributed by atoms with Gasteiger partial charge in [0, 0.05) is 38.3 Å². The second-order valence-corrected chi connectivity index (χ2v) is 7.41. The molecule has 0 radical (unpaired) electrons. The van der Waals surface area contributed by atoms with E-state index in [9.17, 15) is 24.0 Å². The Kier molecular flexibility index (Phi) is 4.79. The van der Waals surface area contributed by atoms with E-state index < -0.39 is 29.7 Å². The van der Waals surface area contributed by atoms with Crippen molar-refractivity contribution in [3.8, 4) is 0 Å². The number of nitrogens with zero attached hydrogens (tertiary/aromatic N) is 3. The summed E-state index contributed by atoms with van der Waals surface area (Å²) < 4.78 is 0. The molecule has 1 atom stereocenters. The molecule has 1 aromatic carbocycles. The number of carbonyl (C=O) groups excluding carboxylic acids is 5. The van der Waals surface area contributed by atoms with Crippen LogP contribution in [0.15, 0.2) is 18.2 Å². The first kappa shape index (κ1) is 19.1. The summed E-state index contributed by atoms with van der Waals surface area (Å²) in [5.41, 5.74) is 6.56. The van der Waals surface area contributed by atoms with Crippen LogP contribution >= 0.6 is 0 Å². The van der Waals surface area contributed by atoms with Crippen molar-refractivity contribution in [2.45, 2.75) is 18.9 Å². The van der Waals surface area contributed by atoms with Gasteiger partial charge < -0.3 is 10.6 Å². The fraction of sp³-hybridized carbons (Fsp3) is 0.421. The SMILES string of the molecule is NC(=O)CN1CCN(c2ccc3c(c2)C(=O)N(C2CCC(=O)NC2=O)C3=O)CC1. The molecule has 10 heteroatoms. The highest BCUT2D eigenvalue weighted by atomic mass is 16.2. The molecule has 0 aromatic heterocycles. The highest BCUT2D eigenvalue weighted by Gasteiger charge is 2.44. The average Bonchev–Trinajstić information content (AvgIpc) is 2.92. The summed E-state index contributed by atoms with van der Waals surface area (Å²) >= 11 is 0. The maximum Gasteiger partial charge on any atom is 0.262 e. The number of benzene rings is 1. The number of rotatable bonds is 4. The van der Waals surface area contributed by atoms with E-state index in [1.165, 1.54) is 0 Å². The van der Waals surface area contributed by atoms with Gasteiger partial charge in [0.25, 0.3) is 11.8 Å². The van der Waals surface area contributed by atoms with Crippen LogP contribution in [-0.2, 0) is 14.4 Å². The van der Waals surface area contributed by atoms with Crippen LogP contribution in [0.2, 0.25) is 0 Å². The maximum atomic E-state index is 12.9. The van der Waals surface area contributed by atoms with Crippen molar-refractivity contribution in [1.82, 2.24) is 15.1 Å². The molecule has 2 saturated heterocycles. The fourth-order valence-electron chi connectivity index (χ4n) is 4.04. The van der Waals surface area contributed by atoms with Gasteiger partial charge in [-0.2, -0.15) is 0 Å². The smallest absolute Gasteiger partial charge is 0.262 e. The lowest BCUT2D eigenvalue weighted by molar-refractivity contribution is -0.136. The second-order valence-electron chi connectivity index (χ2n) is 7.41. The summed E-state index contributed by atoms with van der Waals surface area (Å²) in [6.07, 6.45) is 0.218. The zero-order valence-electron chi connectivity index (χ0n) is 15.7. The average molecular weight is 399 g/mol. The van der Waals surface area contributed by atoms with Gasteiger partial charge in [-0.05, 0) is 24.6 Å². The van der Waals surface area contributed by atoms with E-state index in [0.29, 0.717) is 26.2 Å². The molecule has 3 heterocycles. The zero-order chi connectivity index (χ0) is 20.7. The Labute approximate surface area is 166 Å². The molecule has 0 saturated carbocycles. The zero-order valence-corrected chi connectivity index (χ0v) is 15.7. The van der Waals surface area contributed by atoms with Crippen LogP contribution in [0.25, 0.3) is 0 Å². The van der Waals surface area contributed by atoms with Gasteiger partial charge in [-0.1, -0.05) is 0 Å². The Morgan fingerprint density at radius 1 is 1.03 bits per heavy atom. The van der Waals surface area contributed by atoms with Crippen LogP contribution in [0.4, 0.5) is 5.69 Å². The van der Waals surface area contributed by atoms with Crippen molar-refractivity contribution in [3.63, 3.8) is 0 Å². The summed E-state index contributed by atoms with van der Waals surface area (Å²) in [4.78, 5) is 65.2. The van der Waals surface area contributed by atoms with Crippen LogP contribution in [-0.4, -0.2) is 78.1 Å². The second kappa shape index (κ2) is 7.28. The van der Waals surface area contributed by atoms with E-state index >= 15 is 0 Å². The third kappa shape index (κ3) is 3.46. The number of piperazine rings is 1. The molecule has 0 spiro atoms. The quantitative estimate of drug-likeness (QED) is 0.601. The van der Waals surface area contributed by atoms with Gasteiger partial charge in [-0.3, -0.25) is 39.1 Å². The van der Waals surface area contributed by atoms with Crippen LogP contribution < -0.4 is 16.0 Å². The molecule has 3 N–H and O–H groups in total. The maximum absolute atomic E-state index is 12.9. The Morgan fingerprint density at radius 3 is 2.38 bits per heavy atom. The molecule has 0 bridgehead atoms. The van der Waals surface area contributed by atoms with Gasteiger partial charge in [0.15, 0.2) is 0 Å². The summed E-state index contributed by atoms with van der Waals surface area (Å²) in [5.74, 6) is -2.43. The van der Waals surface area contributed by atoms with Gasteiger partial charge >= 0.3 is 0 Å². The van der Waals surface area contributed by atoms with Gasteiger partial charge in [0.1, 0.15) is 6.04 Å². The van der Waals surface area contributed by atoms with E-state index in [2.05, 4.69) is 10.2 Å². The first-order chi connectivity index (χ1) is 13.8. The first-order valence-electron chi connectivity index (χ1n) is 9.46. The van der Waals surface area contributed by atoms with Crippen LogP contribution in [0, 0.1) is 0 Å². The van der Waals surface area contributed by atoms with E-state index in [-0.39, 0.29) is 36.4 Å². The van der Waals surface area contributed by atoms with Gasteiger partial charge in [0.2, 0.25) is 17.7 Å². The summed E-state index contributed by atoms with van der Waals surface area (Å²) in [5, 5.41) is 2.19. The number of imide groups is 2. The Hall–Kier alpha value is -3.27. The van der Waals surface area contributed by atoms with Crippen LogP contribution in [0.3, 0.4) is 0 Å². The number of anilines is 1. The summed E-state index contributed by atoms with van der Waals surface area (Å²) in [7, 11) is 0. The number of hydrogen-bond donors (Lipinski definition) is 2. The molecule has 4 rings (SSSR count). The third-order valence-corrected chi connectivity index (χ3v) is 5.54. The number of primary amides is 1. The van der Waals surface area contributed by atoms with Crippen LogP contribution in [0.1, 0.15) is 33.6 Å². The number of hydrogen-bond acceptors (Lipinski definition) is 7. The lowest BCUT2D eigenvalue weighted by Crippen LogP contribution is -2.54. The van der Waals surface area contributed by atoms with Gasteiger partial charge in [0.05, 0.1) is 17.7 Å². The van der Waals surface area contributed by atoms with Crippen molar-refractivity contribution < 1.29 is 24.0 Å². The standard InChI is InChI=1S/C19H21N5O5/c20-15(25)10-22-5-7-23(8-6-22)11-1-2-12-13(9-11)19(29)24(18(12)28)14-3-4-16(26)21-17(14)27/h1-2,9,14H,3-8,10H2,(H2,20,25)(H,21,26,27). The Morgan fingerprint density at radius 2 is 1.72 bits per heavy atom. The lowest BCUT2D eigenvalue weighted by atomic mass is 10.0. The monoisotopic (exact) mass is 399 g/mol. The molecule has 3 aliphatic heterocycles. The Bertz CT molecular complexity index is 922. The first-order valence-corrected chi connectivity index (χ1v) is 9.46. The van der Waals surface area contributed by atoms with E-state index in [4.69, 9.17) is 5.73 Å². The minimum Gasteiger partial charge on any atom is -0.369 e. The number of fused-ring (bicyclic) bond motifs is 1. The van der Waals surface area contributed by atoms with Crippen molar-refractivity contribution in [1.29, 1.82) is 0 Å². The molecule has 152 valence electrons. The van der Waals surface area contributed by atoms with Gasteiger partial charge in [-0.25, -0.2) is 0 Å². The van der Waals surface area contributed by atoms with E-state index in [1.54, 1.807) is 18.2 Å². The molecule has 5 amide bonds. The summed E-state index contributed by atoms with van der Waals surface area (Å²) in [6, 6.07) is 4.08. The predicted molar refractivity (Wildman–Crippen MR) is 101 cm³/mol. The normalized spacial score (nSPS) is 22.7. The van der Waals surface area contributed by atoms with E-state index in [1.807, 2.05) is 4.90 Å². The number of carbonyl (C=O) groups is 5. The van der Waals surface area contributed by atoms with Crippen molar-refractivity contribution in [3.05, 3.63) is 29.3 Å². The molecule has 0 aliphatic carbocycles. The van der Waals surface area contributed by atoms with Gasteiger partial charge in [-0.15, -0.1) is 0 Å². The number of nitrogens with one attached hydrogen (secondary N) is 1. The number of piperidine rings is 1. The van der Waals surface area contributed by atoms with Crippen LogP contribution in [0.5, 0.6) is 0 Å². The van der Waals surface area contributed by atoms with E-state index in [0.717, 1.165) is 10.6 Å². The molecule has 3 aliphatic rings. The molecule has 1 unspecified atom stereocenters. The number of amides is 5. The molecular weight excluding hydrogens is 378 g/mol. The van der Waals surface area contributed by atoms with Crippen molar-refractivity contribution in [2.75, 3.05) is 37.6 Å². The highest BCUT2D eigenvalue weighted by molar-refractivity contribution is 6.23. The Balaban J connectivity index is 1.51. The lowest BCUT2D eigenvalue weighted by Gasteiger charge is -2.35. The van der Waals surface area contributed by atoms with Crippen molar-refractivity contribution in [2.24, 2.45) is 5.73 Å². The highest BCUT2D eigenvalue weighted by Crippen LogP contribution is 2.31. The minimum atomic E-state index is -0.971. The molecule has 2 fully saturated rings.